The first kappa shape index (κ1) is 15.6. The van der Waals surface area contributed by atoms with E-state index in [9.17, 15) is 4.79 Å². The minimum atomic E-state index is -0.375. The summed E-state index contributed by atoms with van der Waals surface area (Å²) in [6.07, 6.45) is 6.48. The van der Waals surface area contributed by atoms with Crippen molar-refractivity contribution >= 4 is 17.5 Å². The van der Waals surface area contributed by atoms with E-state index in [4.69, 9.17) is 10.5 Å². The summed E-state index contributed by atoms with van der Waals surface area (Å²) >= 11 is 0. The number of esters is 1. The highest BCUT2D eigenvalue weighted by molar-refractivity contribution is 5.95. The molecule has 0 atom stereocenters. The van der Waals surface area contributed by atoms with E-state index in [1.807, 2.05) is 0 Å². The van der Waals surface area contributed by atoms with Gasteiger partial charge in [0.25, 0.3) is 0 Å². The lowest BCUT2D eigenvalue weighted by molar-refractivity contribution is 0.0527. The van der Waals surface area contributed by atoms with Crippen molar-refractivity contribution in [3.05, 3.63) is 17.8 Å². The molecule has 0 aromatic carbocycles. The van der Waals surface area contributed by atoms with Crippen molar-refractivity contribution < 1.29 is 9.53 Å². The Kier molecular flexibility index (Phi) is 5.42. The van der Waals surface area contributed by atoms with Crippen molar-refractivity contribution in [3.8, 4) is 0 Å². The highest BCUT2D eigenvalue weighted by Crippen LogP contribution is 2.26. The maximum Gasteiger partial charge on any atom is 0.340 e. The fraction of sp³-hybridized carbons (Fsp3) is 0.625. The van der Waals surface area contributed by atoms with Crippen LogP contribution in [0.25, 0.3) is 0 Å². The molecule has 0 bridgehead atoms. The quantitative estimate of drug-likeness (QED) is 0.845. The van der Waals surface area contributed by atoms with E-state index in [0.717, 1.165) is 24.8 Å². The summed E-state index contributed by atoms with van der Waals surface area (Å²) < 4.78 is 5.03. The number of aromatic nitrogens is 1. The molecule has 1 saturated heterocycles. The molecule has 0 spiro atoms. The Balaban J connectivity index is 2.07. The average molecular weight is 291 g/mol. The molecule has 1 aliphatic rings. The molecule has 116 valence electrons. The second kappa shape index (κ2) is 7.29. The minimum absolute atomic E-state index is 0.346. The third kappa shape index (κ3) is 3.86. The van der Waals surface area contributed by atoms with Gasteiger partial charge in [0.2, 0.25) is 0 Å². The molecule has 1 aliphatic heterocycles. The lowest BCUT2D eigenvalue weighted by atomic mass is 9.92. The van der Waals surface area contributed by atoms with E-state index in [1.54, 1.807) is 19.2 Å². The largest absolute Gasteiger partial charge is 0.462 e. The van der Waals surface area contributed by atoms with Gasteiger partial charge in [0.15, 0.2) is 0 Å². The van der Waals surface area contributed by atoms with Gasteiger partial charge in [-0.05, 0) is 31.7 Å². The van der Waals surface area contributed by atoms with Crippen molar-refractivity contribution in [2.45, 2.75) is 39.5 Å². The van der Waals surface area contributed by atoms with Crippen LogP contribution in [0.5, 0.6) is 0 Å². The number of hydrogen-bond donors (Lipinski definition) is 1. The van der Waals surface area contributed by atoms with Crippen LogP contribution in [0.15, 0.2) is 12.3 Å². The second-order valence-electron chi connectivity index (χ2n) is 5.57. The van der Waals surface area contributed by atoms with E-state index in [-0.39, 0.29) is 5.97 Å². The number of carbonyl (C=O) groups excluding carboxylic acids is 1. The molecule has 2 heterocycles. The zero-order valence-electron chi connectivity index (χ0n) is 13.0. The first-order chi connectivity index (χ1) is 10.2. The number of piperidine rings is 1. The summed E-state index contributed by atoms with van der Waals surface area (Å²) in [5, 5.41) is 0. The van der Waals surface area contributed by atoms with Crippen molar-refractivity contribution in [3.63, 3.8) is 0 Å². The maximum absolute atomic E-state index is 11.9. The van der Waals surface area contributed by atoms with Crippen LogP contribution in [0.4, 0.5) is 11.5 Å². The lowest BCUT2D eigenvalue weighted by Gasteiger charge is -2.33. The fourth-order valence-electron chi connectivity index (χ4n) is 2.87. The molecular weight excluding hydrogens is 266 g/mol. The smallest absolute Gasteiger partial charge is 0.340 e. The van der Waals surface area contributed by atoms with Gasteiger partial charge in [-0.2, -0.15) is 0 Å². The molecule has 2 rings (SSSR count). The first-order valence-corrected chi connectivity index (χ1v) is 7.83. The van der Waals surface area contributed by atoms with Crippen LogP contribution in [0.1, 0.15) is 49.9 Å². The molecule has 0 aliphatic carbocycles. The zero-order valence-corrected chi connectivity index (χ0v) is 13.0. The van der Waals surface area contributed by atoms with Crippen LogP contribution in [0, 0.1) is 5.92 Å². The normalized spacial score (nSPS) is 16.0. The highest BCUT2D eigenvalue weighted by atomic mass is 16.5. The van der Waals surface area contributed by atoms with Crippen LogP contribution in [0.3, 0.4) is 0 Å². The van der Waals surface area contributed by atoms with Crippen LogP contribution in [-0.2, 0) is 4.74 Å². The lowest BCUT2D eigenvalue weighted by Crippen LogP contribution is -2.34. The van der Waals surface area contributed by atoms with Crippen molar-refractivity contribution in [2.75, 3.05) is 30.3 Å². The Bertz CT molecular complexity index is 482. The Morgan fingerprint density at radius 2 is 2.14 bits per heavy atom. The van der Waals surface area contributed by atoms with E-state index in [0.29, 0.717) is 17.9 Å². The van der Waals surface area contributed by atoms with Gasteiger partial charge in [-0.15, -0.1) is 0 Å². The molecule has 1 fully saturated rings. The molecule has 1 aromatic rings. The first-order valence-electron chi connectivity index (χ1n) is 7.83. The summed E-state index contributed by atoms with van der Waals surface area (Å²) in [5.41, 5.74) is 6.62. The van der Waals surface area contributed by atoms with Crippen molar-refractivity contribution in [1.29, 1.82) is 0 Å². The number of nitrogens with two attached hydrogens (primary N) is 1. The third-order valence-corrected chi connectivity index (χ3v) is 4.05. The second-order valence-corrected chi connectivity index (χ2v) is 5.57. The van der Waals surface area contributed by atoms with Crippen LogP contribution in [0.2, 0.25) is 0 Å². The van der Waals surface area contributed by atoms with E-state index >= 15 is 0 Å². The summed E-state index contributed by atoms with van der Waals surface area (Å²) in [6.45, 7) is 6.35. The van der Waals surface area contributed by atoms with Gasteiger partial charge < -0.3 is 15.4 Å². The molecule has 0 radical (unpaired) electrons. The summed E-state index contributed by atoms with van der Waals surface area (Å²) in [5.74, 6) is 1.27. The Morgan fingerprint density at radius 3 is 2.76 bits per heavy atom. The SMILES string of the molecule is CCCC1CCN(c2cc(C(=O)OCC)c(N)cn2)CC1. The summed E-state index contributed by atoms with van der Waals surface area (Å²) in [4.78, 5) is 18.5. The molecule has 5 nitrogen and oxygen atoms in total. The Labute approximate surface area is 126 Å². The zero-order chi connectivity index (χ0) is 15.2. The number of ether oxygens (including phenoxy) is 1. The molecule has 0 unspecified atom stereocenters. The molecule has 0 saturated carbocycles. The standard InChI is InChI=1S/C16H25N3O2/c1-3-5-12-6-8-19(9-7-12)15-10-13(14(17)11-18-15)16(20)21-4-2/h10-12H,3-9,17H2,1-2H3. The number of rotatable bonds is 5. The van der Waals surface area contributed by atoms with Crippen LogP contribution in [-0.4, -0.2) is 30.6 Å². The highest BCUT2D eigenvalue weighted by Gasteiger charge is 2.21. The van der Waals surface area contributed by atoms with Gasteiger partial charge in [-0.25, -0.2) is 9.78 Å². The van der Waals surface area contributed by atoms with E-state index < -0.39 is 0 Å². The summed E-state index contributed by atoms with van der Waals surface area (Å²) in [6, 6.07) is 1.76. The predicted molar refractivity (Wildman–Crippen MR) is 84.5 cm³/mol. The maximum atomic E-state index is 11.9. The van der Waals surface area contributed by atoms with E-state index in [2.05, 4.69) is 16.8 Å². The number of nitrogen functional groups attached to an aromatic ring is 1. The summed E-state index contributed by atoms with van der Waals surface area (Å²) in [7, 11) is 0. The number of carbonyl (C=O) groups is 1. The van der Waals surface area contributed by atoms with Crippen LogP contribution < -0.4 is 10.6 Å². The molecule has 5 heteroatoms. The number of nitrogens with zero attached hydrogens (tertiary/aromatic N) is 2. The minimum Gasteiger partial charge on any atom is -0.462 e. The number of hydrogen-bond acceptors (Lipinski definition) is 5. The fourth-order valence-corrected chi connectivity index (χ4v) is 2.87. The number of anilines is 2. The van der Waals surface area contributed by atoms with Crippen molar-refractivity contribution in [1.82, 2.24) is 4.98 Å². The van der Waals surface area contributed by atoms with Gasteiger partial charge >= 0.3 is 5.97 Å². The van der Waals surface area contributed by atoms with Gasteiger partial charge in [-0.3, -0.25) is 0 Å². The van der Waals surface area contributed by atoms with Gasteiger partial charge in [0, 0.05) is 13.1 Å². The molecule has 0 amide bonds. The van der Waals surface area contributed by atoms with Gasteiger partial charge in [0.05, 0.1) is 24.1 Å². The van der Waals surface area contributed by atoms with Crippen molar-refractivity contribution in [2.24, 2.45) is 5.92 Å². The van der Waals surface area contributed by atoms with Gasteiger partial charge in [-0.1, -0.05) is 19.8 Å². The van der Waals surface area contributed by atoms with E-state index in [1.165, 1.54) is 25.7 Å². The average Bonchev–Trinajstić information content (AvgIpc) is 2.49. The predicted octanol–water partition coefficient (Wildman–Crippen LogP) is 2.86. The molecule has 1 aromatic heterocycles. The number of pyridine rings is 1. The molecular formula is C16H25N3O2. The monoisotopic (exact) mass is 291 g/mol. The molecule has 2 N–H and O–H groups in total. The molecule has 21 heavy (non-hydrogen) atoms. The third-order valence-electron chi connectivity index (χ3n) is 4.05. The Hall–Kier alpha value is -1.78. The topological polar surface area (TPSA) is 68.5 Å². The van der Waals surface area contributed by atoms with Crippen LogP contribution >= 0.6 is 0 Å². The van der Waals surface area contributed by atoms with Gasteiger partial charge in [0.1, 0.15) is 5.82 Å². The Morgan fingerprint density at radius 1 is 1.43 bits per heavy atom.